The van der Waals surface area contributed by atoms with Crippen LogP contribution in [0.1, 0.15) is 45.4 Å². The summed E-state index contributed by atoms with van der Waals surface area (Å²) in [5.41, 5.74) is 0. The first kappa shape index (κ1) is 14.6. The molecular formula is C15H30N4. The van der Waals surface area contributed by atoms with Gasteiger partial charge in [0.05, 0.1) is 0 Å². The summed E-state index contributed by atoms with van der Waals surface area (Å²) in [4.78, 5) is 6.95. The maximum absolute atomic E-state index is 4.27. The standard InChI is InChI=1S/C15H30N4/c1-3-4-9-17-15(16-2)18-10-11-19(14-7-8-14)12-13-5-6-13/h13-14H,3-12H2,1-2H3,(H2,16,17,18). The third-order valence-corrected chi connectivity index (χ3v) is 3.99. The maximum atomic E-state index is 4.27. The number of guanidine groups is 1. The molecule has 0 spiro atoms. The zero-order valence-electron chi connectivity index (χ0n) is 12.6. The van der Waals surface area contributed by atoms with Crippen LogP contribution in [0.25, 0.3) is 0 Å². The van der Waals surface area contributed by atoms with E-state index in [4.69, 9.17) is 0 Å². The monoisotopic (exact) mass is 266 g/mol. The smallest absolute Gasteiger partial charge is 0.191 e. The lowest BCUT2D eigenvalue weighted by Crippen LogP contribution is -2.42. The first-order chi connectivity index (χ1) is 9.33. The van der Waals surface area contributed by atoms with Crippen molar-refractivity contribution in [1.29, 1.82) is 0 Å². The lowest BCUT2D eigenvalue weighted by Gasteiger charge is -2.22. The molecule has 2 saturated carbocycles. The fourth-order valence-corrected chi connectivity index (χ4v) is 2.42. The molecule has 0 saturated heterocycles. The minimum atomic E-state index is 0.887. The summed E-state index contributed by atoms with van der Waals surface area (Å²) >= 11 is 0. The molecule has 0 amide bonds. The first-order valence-electron chi connectivity index (χ1n) is 8.02. The van der Waals surface area contributed by atoms with Gasteiger partial charge in [-0.2, -0.15) is 0 Å². The fraction of sp³-hybridized carbons (Fsp3) is 0.933. The van der Waals surface area contributed by atoms with Gasteiger partial charge in [-0.15, -0.1) is 0 Å². The molecule has 4 heteroatoms. The summed E-state index contributed by atoms with van der Waals surface area (Å²) in [5.74, 6) is 1.96. The Labute approximate surface area is 118 Å². The van der Waals surface area contributed by atoms with Crippen LogP contribution in [0, 0.1) is 5.92 Å². The number of rotatable bonds is 9. The predicted octanol–water partition coefficient (Wildman–Crippen LogP) is 1.83. The number of nitrogens with zero attached hydrogens (tertiary/aromatic N) is 2. The summed E-state index contributed by atoms with van der Waals surface area (Å²) in [6.45, 7) is 6.73. The summed E-state index contributed by atoms with van der Waals surface area (Å²) in [5, 5.41) is 6.79. The van der Waals surface area contributed by atoms with E-state index in [9.17, 15) is 0 Å². The average Bonchev–Trinajstić information content (AvgIpc) is 3.28. The van der Waals surface area contributed by atoms with Crippen LogP contribution in [0.4, 0.5) is 0 Å². The summed E-state index contributed by atoms with van der Waals surface area (Å²) in [7, 11) is 1.85. The Hall–Kier alpha value is -0.770. The van der Waals surface area contributed by atoms with Crippen LogP contribution in [0.15, 0.2) is 4.99 Å². The van der Waals surface area contributed by atoms with Crippen LogP contribution < -0.4 is 10.6 Å². The van der Waals surface area contributed by atoms with Gasteiger partial charge in [0.15, 0.2) is 5.96 Å². The van der Waals surface area contributed by atoms with Gasteiger partial charge in [0.25, 0.3) is 0 Å². The molecule has 19 heavy (non-hydrogen) atoms. The molecule has 110 valence electrons. The van der Waals surface area contributed by atoms with Crippen LogP contribution in [-0.2, 0) is 0 Å². The average molecular weight is 266 g/mol. The van der Waals surface area contributed by atoms with Gasteiger partial charge < -0.3 is 10.6 Å². The molecule has 0 radical (unpaired) electrons. The molecule has 0 aliphatic heterocycles. The number of unbranched alkanes of at least 4 members (excludes halogenated alkanes) is 1. The van der Waals surface area contributed by atoms with Crippen molar-refractivity contribution in [2.75, 3.05) is 33.2 Å². The van der Waals surface area contributed by atoms with Gasteiger partial charge >= 0.3 is 0 Å². The van der Waals surface area contributed by atoms with Crippen LogP contribution in [-0.4, -0.2) is 50.1 Å². The second-order valence-corrected chi connectivity index (χ2v) is 5.95. The van der Waals surface area contributed by atoms with Gasteiger partial charge in [0, 0.05) is 39.3 Å². The fourth-order valence-electron chi connectivity index (χ4n) is 2.42. The largest absolute Gasteiger partial charge is 0.356 e. The molecule has 0 aromatic carbocycles. The predicted molar refractivity (Wildman–Crippen MR) is 81.6 cm³/mol. The van der Waals surface area contributed by atoms with Gasteiger partial charge in [0.2, 0.25) is 0 Å². The molecule has 4 nitrogen and oxygen atoms in total. The summed E-state index contributed by atoms with van der Waals surface area (Å²) in [6.07, 6.45) is 8.16. The number of aliphatic imine (C=N–C) groups is 1. The maximum Gasteiger partial charge on any atom is 0.191 e. The molecule has 0 aromatic rings. The molecule has 0 atom stereocenters. The van der Waals surface area contributed by atoms with E-state index in [2.05, 4.69) is 27.4 Å². The van der Waals surface area contributed by atoms with Gasteiger partial charge in [-0.25, -0.2) is 0 Å². The van der Waals surface area contributed by atoms with E-state index >= 15 is 0 Å². The Morgan fingerprint density at radius 2 is 1.89 bits per heavy atom. The molecule has 2 aliphatic carbocycles. The van der Waals surface area contributed by atoms with E-state index in [-0.39, 0.29) is 0 Å². The van der Waals surface area contributed by atoms with Crippen molar-refractivity contribution in [2.45, 2.75) is 51.5 Å². The van der Waals surface area contributed by atoms with Crippen molar-refractivity contribution in [3.05, 3.63) is 0 Å². The number of nitrogens with one attached hydrogen (secondary N) is 2. The molecule has 2 fully saturated rings. The Bertz CT molecular complexity index is 282. The van der Waals surface area contributed by atoms with Gasteiger partial charge in [0.1, 0.15) is 0 Å². The Morgan fingerprint density at radius 3 is 2.47 bits per heavy atom. The van der Waals surface area contributed by atoms with Crippen LogP contribution in [0.3, 0.4) is 0 Å². The van der Waals surface area contributed by atoms with Crippen molar-refractivity contribution in [1.82, 2.24) is 15.5 Å². The molecule has 2 N–H and O–H groups in total. The van der Waals surface area contributed by atoms with Crippen molar-refractivity contribution in [3.8, 4) is 0 Å². The van der Waals surface area contributed by atoms with E-state index in [0.29, 0.717) is 0 Å². The van der Waals surface area contributed by atoms with Crippen molar-refractivity contribution in [3.63, 3.8) is 0 Å². The highest BCUT2D eigenvalue weighted by Gasteiger charge is 2.33. The lowest BCUT2D eigenvalue weighted by atomic mass is 10.3. The van der Waals surface area contributed by atoms with E-state index in [1.807, 2.05) is 7.05 Å². The Kier molecular flexibility index (Phi) is 5.95. The van der Waals surface area contributed by atoms with Crippen molar-refractivity contribution in [2.24, 2.45) is 10.9 Å². The topological polar surface area (TPSA) is 39.7 Å². The Balaban J connectivity index is 1.59. The molecule has 0 heterocycles. The van der Waals surface area contributed by atoms with Crippen LogP contribution >= 0.6 is 0 Å². The van der Waals surface area contributed by atoms with Crippen molar-refractivity contribution < 1.29 is 0 Å². The minimum Gasteiger partial charge on any atom is -0.356 e. The quantitative estimate of drug-likeness (QED) is 0.380. The molecule has 2 rings (SSSR count). The number of hydrogen-bond donors (Lipinski definition) is 2. The zero-order valence-corrected chi connectivity index (χ0v) is 12.6. The third kappa shape index (κ3) is 5.81. The van der Waals surface area contributed by atoms with Gasteiger partial charge in [-0.3, -0.25) is 9.89 Å². The Morgan fingerprint density at radius 1 is 1.16 bits per heavy atom. The highest BCUT2D eigenvalue weighted by molar-refractivity contribution is 5.79. The van der Waals surface area contributed by atoms with Gasteiger partial charge in [-0.05, 0) is 38.0 Å². The van der Waals surface area contributed by atoms with E-state index in [1.54, 1.807) is 0 Å². The SMILES string of the molecule is CCCCNC(=NC)NCCN(CC1CC1)C1CC1. The highest BCUT2D eigenvalue weighted by atomic mass is 15.2. The lowest BCUT2D eigenvalue weighted by molar-refractivity contribution is 0.256. The number of hydrogen-bond acceptors (Lipinski definition) is 2. The van der Waals surface area contributed by atoms with Gasteiger partial charge in [-0.1, -0.05) is 13.3 Å². The molecule has 2 aliphatic rings. The van der Waals surface area contributed by atoms with E-state index < -0.39 is 0 Å². The van der Waals surface area contributed by atoms with Crippen LogP contribution in [0.2, 0.25) is 0 Å². The van der Waals surface area contributed by atoms with Crippen LogP contribution in [0.5, 0.6) is 0 Å². The normalized spacial score (nSPS) is 19.8. The second-order valence-electron chi connectivity index (χ2n) is 5.95. The second kappa shape index (κ2) is 7.73. The molecule has 0 bridgehead atoms. The third-order valence-electron chi connectivity index (χ3n) is 3.99. The summed E-state index contributed by atoms with van der Waals surface area (Å²) < 4.78 is 0. The van der Waals surface area contributed by atoms with Crippen molar-refractivity contribution >= 4 is 5.96 Å². The summed E-state index contributed by atoms with van der Waals surface area (Å²) in [6, 6.07) is 0.887. The minimum absolute atomic E-state index is 0.887. The van der Waals surface area contributed by atoms with E-state index in [0.717, 1.165) is 37.6 Å². The van der Waals surface area contributed by atoms with E-state index in [1.165, 1.54) is 45.1 Å². The molecular weight excluding hydrogens is 236 g/mol. The first-order valence-corrected chi connectivity index (χ1v) is 8.02. The highest BCUT2D eigenvalue weighted by Crippen LogP contribution is 2.34. The molecule has 0 unspecified atom stereocenters. The molecule has 0 aromatic heterocycles. The zero-order chi connectivity index (χ0) is 13.5.